The second-order valence-electron chi connectivity index (χ2n) is 3.56. The average molecular weight is 206 g/mol. The Balaban J connectivity index is 1.91. The number of hydrogen-bond acceptors (Lipinski definition) is 3. The third-order valence-corrected chi connectivity index (χ3v) is 2.46. The number of ether oxygens (including phenoxy) is 1. The van der Waals surface area contributed by atoms with Gasteiger partial charge in [0.1, 0.15) is 11.5 Å². The maximum absolute atomic E-state index is 5.71. The Morgan fingerprint density at radius 2 is 1.60 bits per heavy atom. The van der Waals surface area contributed by atoms with Crippen molar-refractivity contribution in [2.75, 3.05) is 20.2 Å². The molecule has 15 heavy (non-hydrogen) atoms. The molecule has 0 saturated carbocycles. The number of rotatable bonds is 3. The lowest BCUT2D eigenvalue weighted by molar-refractivity contribution is -0.0650. The molecule has 0 unspecified atom stereocenters. The Labute approximate surface area is 90.6 Å². The predicted octanol–water partition coefficient (Wildman–Crippen LogP) is 2.29. The average Bonchev–Trinajstić information content (AvgIpc) is 2.31. The molecule has 1 radical (unpaired) electrons. The highest BCUT2D eigenvalue weighted by molar-refractivity contribution is 5.30. The van der Waals surface area contributed by atoms with Crippen molar-refractivity contribution in [2.45, 2.75) is 12.8 Å². The van der Waals surface area contributed by atoms with E-state index >= 15 is 0 Å². The van der Waals surface area contributed by atoms with Crippen molar-refractivity contribution < 1.29 is 9.57 Å². The topological polar surface area (TPSA) is 21.7 Å². The van der Waals surface area contributed by atoms with E-state index < -0.39 is 0 Å². The van der Waals surface area contributed by atoms with E-state index in [9.17, 15) is 0 Å². The summed E-state index contributed by atoms with van der Waals surface area (Å²) in [4.78, 5) is 5.71. The van der Waals surface area contributed by atoms with Crippen LogP contribution in [0.2, 0.25) is 0 Å². The van der Waals surface area contributed by atoms with Crippen LogP contribution in [0.5, 0.6) is 11.5 Å². The molecule has 1 aromatic rings. The lowest BCUT2D eigenvalue weighted by Gasteiger charge is -2.25. The number of piperidine rings is 1. The van der Waals surface area contributed by atoms with Crippen LogP contribution in [0.4, 0.5) is 0 Å². The maximum Gasteiger partial charge on any atom is 0.147 e. The Kier molecular flexibility index (Phi) is 3.45. The Hall–Kier alpha value is -1.22. The van der Waals surface area contributed by atoms with Crippen molar-refractivity contribution in [3.05, 3.63) is 30.7 Å². The highest BCUT2D eigenvalue weighted by Crippen LogP contribution is 2.19. The van der Waals surface area contributed by atoms with Crippen molar-refractivity contribution in [1.29, 1.82) is 0 Å². The highest BCUT2D eigenvalue weighted by Gasteiger charge is 2.11. The molecule has 81 valence electrons. The molecule has 1 aliphatic rings. The summed E-state index contributed by atoms with van der Waals surface area (Å²) in [6.07, 6.45) is 4.51. The highest BCUT2D eigenvalue weighted by atomic mass is 16.7. The van der Waals surface area contributed by atoms with Crippen molar-refractivity contribution in [3.63, 3.8) is 0 Å². The second-order valence-corrected chi connectivity index (χ2v) is 3.56. The number of hydrogen-bond donors (Lipinski definition) is 0. The molecule has 1 fully saturated rings. The third-order valence-electron chi connectivity index (χ3n) is 2.46. The van der Waals surface area contributed by atoms with Crippen LogP contribution < -0.4 is 9.57 Å². The molecule has 0 spiro atoms. The SMILES string of the molecule is COc1ccc(ON2CC[CH]CC2)cc1. The first-order chi connectivity index (χ1) is 7.38. The standard InChI is InChI=1S/C12H16NO2/c1-14-11-5-7-12(8-6-11)15-13-9-3-2-4-10-13/h2,5-8H,3-4,9-10H2,1H3. The molecule has 0 aromatic heterocycles. The van der Waals surface area contributed by atoms with Crippen LogP contribution >= 0.6 is 0 Å². The van der Waals surface area contributed by atoms with Gasteiger partial charge in [-0.25, -0.2) is 0 Å². The van der Waals surface area contributed by atoms with Crippen molar-refractivity contribution in [3.8, 4) is 11.5 Å². The van der Waals surface area contributed by atoms with Gasteiger partial charge in [0.15, 0.2) is 0 Å². The zero-order valence-corrected chi connectivity index (χ0v) is 8.98. The van der Waals surface area contributed by atoms with Crippen LogP contribution in [0.1, 0.15) is 12.8 Å². The van der Waals surface area contributed by atoms with Crippen LogP contribution in [0.15, 0.2) is 24.3 Å². The van der Waals surface area contributed by atoms with Crippen LogP contribution in [0.3, 0.4) is 0 Å². The van der Waals surface area contributed by atoms with Gasteiger partial charge in [-0.2, -0.15) is 0 Å². The quantitative estimate of drug-likeness (QED) is 0.757. The Bertz CT molecular complexity index is 291. The zero-order valence-electron chi connectivity index (χ0n) is 8.98. The number of hydroxylamine groups is 2. The van der Waals surface area contributed by atoms with Gasteiger partial charge < -0.3 is 9.57 Å². The van der Waals surface area contributed by atoms with Crippen LogP contribution in [-0.4, -0.2) is 25.3 Å². The Morgan fingerprint density at radius 3 is 2.20 bits per heavy atom. The molecule has 2 rings (SSSR count). The van der Waals surface area contributed by atoms with Gasteiger partial charge in [-0.1, -0.05) is 0 Å². The fraction of sp³-hybridized carbons (Fsp3) is 0.417. The molecule has 1 aliphatic heterocycles. The lowest BCUT2D eigenvalue weighted by Crippen LogP contribution is -2.32. The van der Waals surface area contributed by atoms with E-state index in [4.69, 9.17) is 9.57 Å². The lowest BCUT2D eigenvalue weighted by atomic mass is 10.2. The minimum absolute atomic E-state index is 0.856. The van der Waals surface area contributed by atoms with E-state index in [1.165, 1.54) is 0 Å². The largest absolute Gasteiger partial charge is 0.497 e. The molecule has 3 nitrogen and oxygen atoms in total. The van der Waals surface area contributed by atoms with Gasteiger partial charge in [-0.3, -0.25) is 0 Å². The van der Waals surface area contributed by atoms with Crippen LogP contribution in [-0.2, 0) is 0 Å². The minimum Gasteiger partial charge on any atom is -0.497 e. The van der Waals surface area contributed by atoms with E-state index in [-0.39, 0.29) is 0 Å². The van der Waals surface area contributed by atoms with Crippen LogP contribution in [0.25, 0.3) is 0 Å². The van der Waals surface area contributed by atoms with Gasteiger partial charge in [0, 0.05) is 13.1 Å². The summed E-state index contributed by atoms with van der Waals surface area (Å²) in [5.74, 6) is 1.73. The smallest absolute Gasteiger partial charge is 0.147 e. The van der Waals surface area contributed by atoms with Gasteiger partial charge >= 0.3 is 0 Å². The first-order valence-electron chi connectivity index (χ1n) is 5.27. The first-order valence-corrected chi connectivity index (χ1v) is 5.27. The number of benzene rings is 1. The third kappa shape index (κ3) is 2.86. The molecule has 0 bridgehead atoms. The van der Waals surface area contributed by atoms with Gasteiger partial charge in [-0.15, -0.1) is 5.06 Å². The zero-order chi connectivity index (χ0) is 10.5. The minimum atomic E-state index is 0.856. The summed E-state index contributed by atoms with van der Waals surface area (Å²) in [5, 5.41) is 2.00. The van der Waals surface area contributed by atoms with E-state index in [1.54, 1.807) is 7.11 Å². The maximum atomic E-state index is 5.71. The molecule has 0 atom stereocenters. The molecular weight excluding hydrogens is 190 g/mol. The molecule has 1 heterocycles. The van der Waals surface area contributed by atoms with Gasteiger partial charge in [0.05, 0.1) is 7.11 Å². The van der Waals surface area contributed by atoms with E-state index in [0.717, 1.165) is 37.4 Å². The van der Waals surface area contributed by atoms with Crippen molar-refractivity contribution in [2.24, 2.45) is 0 Å². The number of nitrogens with zero attached hydrogens (tertiary/aromatic N) is 1. The summed E-state index contributed by atoms with van der Waals surface area (Å²) in [7, 11) is 1.66. The van der Waals surface area contributed by atoms with Gasteiger partial charge in [-0.05, 0) is 43.5 Å². The number of methoxy groups -OCH3 is 1. The molecule has 0 aliphatic carbocycles. The van der Waals surface area contributed by atoms with E-state index in [0.29, 0.717) is 0 Å². The summed E-state index contributed by atoms with van der Waals surface area (Å²) in [6.45, 7) is 1.96. The molecule has 0 N–H and O–H groups in total. The summed E-state index contributed by atoms with van der Waals surface area (Å²) < 4.78 is 5.08. The Morgan fingerprint density at radius 1 is 1.00 bits per heavy atom. The summed E-state index contributed by atoms with van der Waals surface area (Å²) >= 11 is 0. The van der Waals surface area contributed by atoms with Gasteiger partial charge in [0.25, 0.3) is 0 Å². The predicted molar refractivity (Wildman–Crippen MR) is 58.7 cm³/mol. The molecule has 1 saturated heterocycles. The fourth-order valence-electron chi connectivity index (χ4n) is 1.60. The molecule has 0 amide bonds. The second kappa shape index (κ2) is 5.03. The van der Waals surface area contributed by atoms with Gasteiger partial charge in [0.2, 0.25) is 0 Å². The summed E-state index contributed by atoms with van der Waals surface area (Å²) in [5.41, 5.74) is 0. The molecular formula is C12H16NO2. The van der Waals surface area contributed by atoms with Crippen molar-refractivity contribution >= 4 is 0 Å². The van der Waals surface area contributed by atoms with Crippen molar-refractivity contribution in [1.82, 2.24) is 5.06 Å². The normalized spacial score (nSPS) is 17.4. The summed E-state index contributed by atoms with van der Waals surface area (Å²) in [6, 6.07) is 7.67. The first kappa shape index (κ1) is 10.3. The van der Waals surface area contributed by atoms with E-state index in [2.05, 4.69) is 6.42 Å². The molecule has 1 aromatic carbocycles. The van der Waals surface area contributed by atoms with E-state index in [1.807, 2.05) is 29.3 Å². The molecule has 3 heteroatoms. The monoisotopic (exact) mass is 206 g/mol. The van der Waals surface area contributed by atoms with Crippen LogP contribution in [0, 0.1) is 6.42 Å². The fourth-order valence-corrected chi connectivity index (χ4v) is 1.60.